The van der Waals surface area contributed by atoms with Gasteiger partial charge in [-0.25, -0.2) is 0 Å². The van der Waals surface area contributed by atoms with Crippen LogP contribution in [0.15, 0.2) is 54.6 Å². The lowest BCUT2D eigenvalue weighted by atomic mass is 9.95. The van der Waals surface area contributed by atoms with Gasteiger partial charge in [-0.1, -0.05) is 42.5 Å². The van der Waals surface area contributed by atoms with Crippen molar-refractivity contribution in [3.63, 3.8) is 0 Å². The first-order chi connectivity index (χ1) is 13.3. The molecule has 5 heteroatoms. The SMILES string of the molecule is O=C(Nc1cccc(-c2nnc3n2CCCC3)c1)C1(c2ccccc2)CC1. The van der Waals surface area contributed by atoms with E-state index in [4.69, 9.17) is 0 Å². The molecule has 1 amide bonds. The maximum Gasteiger partial charge on any atom is 0.235 e. The number of carbonyl (C=O) groups is 1. The number of rotatable bonds is 4. The van der Waals surface area contributed by atoms with Crippen molar-refractivity contribution in [2.75, 3.05) is 5.32 Å². The Bertz CT molecular complexity index is 989. The Morgan fingerprint density at radius 2 is 1.85 bits per heavy atom. The Labute approximate surface area is 158 Å². The van der Waals surface area contributed by atoms with Crippen LogP contribution in [0.25, 0.3) is 11.4 Å². The number of nitrogens with one attached hydrogen (secondary N) is 1. The average molecular weight is 358 g/mol. The minimum Gasteiger partial charge on any atom is -0.325 e. The van der Waals surface area contributed by atoms with Crippen LogP contribution in [0.2, 0.25) is 0 Å². The van der Waals surface area contributed by atoms with Crippen LogP contribution >= 0.6 is 0 Å². The molecule has 2 heterocycles. The highest BCUT2D eigenvalue weighted by Gasteiger charge is 2.51. The Morgan fingerprint density at radius 1 is 1.00 bits per heavy atom. The zero-order valence-electron chi connectivity index (χ0n) is 15.2. The van der Waals surface area contributed by atoms with Crippen molar-refractivity contribution in [1.82, 2.24) is 14.8 Å². The molecule has 5 rings (SSSR count). The van der Waals surface area contributed by atoms with E-state index in [1.54, 1.807) is 0 Å². The van der Waals surface area contributed by atoms with Gasteiger partial charge in [0.1, 0.15) is 5.82 Å². The van der Waals surface area contributed by atoms with Crippen molar-refractivity contribution in [2.45, 2.75) is 44.1 Å². The standard InChI is InChI=1S/C22H22N4O/c27-21(22(12-13-22)17-8-2-1-3-9-17)23-18-10-6-7-16(15-18)20-25-24-19-11-4-5-14-26(19)20/h1-3,6-10,15H,4-5,11-14H2,(H,23,27). The predicted molar refractivity (Wildman–Crippen MR) is 104 cm³/mol. The molecule has 2 aliphatic rings. The van der Waals surface area contributed by atoms with Gasteiger partial charge in [0.25, 0.3) is 0 Å². The van der Waals surface area contributed by atoms with Crippen molar-refractivity contribution in [3.8, 4) is 11.4 Å². The molecule has 0 spiro atoms. The zero-order chi connectivity index (χ0) is 18.3. The summed E-state index contributed by atoms with van der Waals surface area (Å²) in [6.45, 7) is 0.964. The van der Waals surface area contributed by atoms with Crippen molar-refractivity contribution in [3.05, 3.63) is 66.0 Å². The normalized spacial score (nSPS) is 17.2. The lowest BCUT2D eigenvalue weighted by Gasteiger charge is -2.17. The third kappa shape index (κ3) is 2.83. The van der Waals surface area contributed by atoms with Crippen LogP contribution in [0.3, 0.4) is 0 Å². The number of aromatic nitrogens is 3. The Hall–Kier alpha value is -2.95. The van der Waals surface area contributed by atoms with Gasteiger partial charge in [-0.15, -0.1) is 10.2 Å². The number of carbonyl (C=O) groups excluding carboxylic acids is 1. The molecular weight excluding hydrogens is 336 g/mol. The number of anilines is 1. The number of amides is 1. The fourth-order valence-corrected chi connectivity index (χ4v) is 4.04. The molecule has 136 valence electrons. The highest BCUT2D eigenvalue weighted by molar-refractivity contribution is 6.01. The van der Waals surface area contributed by atoms with Gasteiger partial charge < -0.3 is 9.88 Å². The van der Waals surface area contributed by atoms with Gasteiger partial charge in [0.05, 0.1) is 5.41 Å². The van der Waals surface area contributed by atoms with Crippen LogP contribution in [0.4, 0.5) is 5.69 Å². The number of benzene rings is 2. The fraction of sp³-hybridized carbons (Fsp3) is 0.318. The van der Waals surface area contributed by atoms with Gasteiger partial charge >= 0.3 is 0 Å². The van der Waals surface area contributed by atoms with Crippen LogP contribution in [0.1, 0.15) is 37.1 Å². The van der Waals surface area contributed by atoms with Crippen LogP contribution in [-0.4, -0.2) is 20.7 Å². The maximum absolute atomic E-state index is 13.0. The topological polar surface area (TPSA) is 59.8 Å². The summed E-state index contributed by atoms with van der Waals surface area (Å²) in [4.78, 5) is 13.0. The molecule has 0 radical (unpaired) electrons. The summed E-state index contributed by atoms with van der Waals surface area (Å²) in [6, 6.07) is 18.0. The van der Waals surface area contributed by atoms with E-state index in [0.29, 0.717) is 0 Å². The van der Waals surface area contributed by atoms with Crippen molar-refractivity contribution in [1.29, 1.82) is 0 Å². The second kappa shape index (κ2) is 6.34. The van der Waals surface area contributed by atoms with Crippen LogP contribution in [0.5, 0.6) is 0 Å². The summed E-state index contributed by atoms with van der Waals surface area (Å²) >= 11 is 0. The molecule has 27 heavy (non-hydrogen) atoms. The van der Waals surface area contributed by atoms with E-state index in [2.05, 4.69) is 20.1 Å². The molecule has 2 aromatic carbocycles. The minimum absolute atomic E-state index is 0.0779. The molecule has 0 unspecified atom stereocenters. The average Bonchev–Trinajstić information content (AvgIpc) is 3.42. The summed E-state index contributed by atoms with van der Waals surface area (Å²) in [7, 11) is 0. The second-order valence-electron chi connectivity index (χ2n) is 7.53. The summed E-state index contributed by atoms with van der Waals surface area (Å²) in [6.07, 6.45) is 5.13. The lowest BCUT2D eigenvalue weighted by Crippen LogP contribution is -2.27. The maximum atomic E-state index is 13.0. The molecule has 1 fully saturated rings. The smallest absolute Gasteiger partial charge is 0.235 e. The largest absolute Gasteiger partial charge is 0.325 e. The third-order valence-corrected chi connectivity index (χ3v) is 5.75. The van der Waals surface area contributed by atoms with E-state index >= 15 is 0 Å². The minimum atomic E-state index is -0.370. The van der Waals surface area contributed by atoms with Crippen molar-refractivity contribution in [2.24, 2.45) is 0 Å². The molecule has 5 nitrogen and oxygen atoms in total. The zero-order valence-corrected chi connectivity index (χ0v) is 15.2. The molecular formula is C22H22N4O. The molecule has 1 aliphatic heterocycles. The number of hydrogen-bond donors (Lipinski definition) is 1. The van der Waals surface area contributed by atoms with E-state index in [-0.39, 0.29) is 11.3 Å². The molecule has 1 N–H and O–H groups in total. The monoisotopic (exact) mass is 358 g/mol. The van der Waals surface area contributed by atoms with E-state index < -0.39 is 0 Å². The van der Waals surface area contributed by atoms with Gasteiger partial charge in [0, 0.05) is 24.2 Å². The van der Waals surface area contributed by atoms with Crippen LogP contribution in [-0.2, 0) is 23.2 Å². The van der Waals surface area contributed by atoms with Gasteiger partial charge in [-0.3, -0.25) is 4.79 Å². The third-order valence-electron chi connectivity index (χ3n) is 5.75. The quantitative estimate of drug-likeness (QED) is 0.768. The number of fused-ring (bicyclic) bond motifs is 1. The lowest BCUT2D eigenvalue weighted by molar-refractivity contribution is -0.118. The highest BCUT2D eigenvalue weighted by atomic mass is 16.2. The summed E-state index contributed by atoms with van der Waals surface area (Å²) < 4.78 is 2.21. The summed E-state index contributed by atoms with van der Waals surface area (Å²) in [5.41, 5.74) is 2.54. The van der Waals surface area contributed by atoms with E-state index in [1.807, 2.05) is 54.6 Å². The first-order valence-corrected chi connectivity index (χ1v) is 9.66. The fourth-order valence-electron chi connectivity index (χ4n) is 4.04. The number of aryl methyl sites for hydroxylation is 1. The van der Waals surface area contributed by atoms with E-state index in [9.17, 15) is 4.79 Å². The second-order valence-corrected chi connectivity index (χ2v) is 7.53. The summed E-state index contributed by atoms with van der Waals surface area (Å²) in [5.74, 6) is 2.03. The van der Waals surface area contributed by atoms with Gasteiger partial charge in [-0.05, 0) is 43.4 Å². The summed E-state index contributed by atoms with van der Waals surface area (Å²) in [5, 5.41) is 11.9. The van der Waals surface area contributed by atoms with Gasteiger partial charge in [-0.2, -0.15) is 0 Å². The van der Waals surface area contributed by atoms with Gasteiger partial charge in [0.2, 0.25) is 5.91 Å². The number of hydrogen-bond acceptors (Lipinski definition) is 3. The number of nitrogens with zero attached hydrogens (tertiary/aromatic N) is 3. The van der Waals surface area contributed by atoms with Crippen molar-refractivity contribution < 1.29 is 4.79 Å². The molecule has 1 saturated carbocycles. The molecule has 0 bridgehead atoms. The Kier molecular flexibility index (Phi) is 3.81. The van der Waals surface area contributed by atoms with E-state index in [0.717, 1.165) is 60.7 Å². The predicted octanol–water partition coefficient (Wildman–Crippen LogP) is 3.95. The van der Waals surface area contributed by atoms with Crippen LogP contribution < -0.4 is 5.32 Å². The molecule has 0 saturated heterocycles. The molecule has 1 aromatic heterocycles. The molecule has 0 atom stereocenters. The Morgan fingerprint density at radius 3 is 2.67 bits per heavy atom. The van der Waals surface area contributed by atoms with E-state index in [1.165, 1.54) is 6.42 Å². The molecule has 3 aromatic rings. The first kappa shape index (κ1) is 16.2. The van der Waals surface area contributed by atoms with Crippen molar-refractivity contribution >= 4 is 11.6 Å². The first-order valence-electron chi connectivity index (χ1n) is 9.66. The Balaban J connectivity index is 1.40. The molecule has 1 aliphatic carbocycles. The highest BCUT2D eigenvalue weighted by Crippen LogP contribution is 2.49. The van der Waals surface area contributed by atoms with Gasteiger partial charge in [0.15, 0.2) is 5.82 Å². The van der Waals surface area contributed by atoms with Crippen LogP contribution in [0, 0.1) is 0 Å².